The Morgan fingerprint density at radius 2 is 1.90 bits per heavy atom. The lowest BCUT2D eigenvalue weighted by atomic mass is 10.1. The van der Waals surface area contributed by atoms with Crippen LogP contribution in [-0.2, 0) is 12.8 Å². The number of hydrogen-bond acceptors (Lipinski definition) is 7. The molecule has 1 aliphatic rings. The molecule has 1 aliphatic carbocycles. The summed E-state index contributed by atoms with van der Waals surface area (Å²) < 4.78 is 7.10. The molecule has 7 nitrogen and oxygen atoms in total. The van der Waals surface area contributed by atoms with Crippen LogP contribution in [-0.4, -0.2) is 49.6 Å². The van der Waals surface area contributed by atoms with Gasteiger partial charge < -0.3 is 9.64 Å². The number of H-pyrrole nitrogens is 1. The van der Waals surface area contributed by atoms with Gasteiger partial charge in [-0.1, -0.05) is 40.8 Å². The van der Waals surface area contributed by atoms with Crippen molar-refractivity contribution in [3.8, 4) is 10.9 Å². The Hall–Kier alpha value is -2.84. The predicted molar refractivity (Wildman–Crippen MR) is 117 cm³/mol. The smallest absolute Gasteiger partial charge is 0.279 e. The summed E-state index contributed by atoms with van der Waals surface area (Å²) in [6.45, 7) is 2.16. The fraction of sp³-hybridized carbons (Fsp3) is 0.364. The second-order valence-corrected chi connectivity index (χ2v) is 8.64. The topological polar surface area (TPSA) is 79.8 Å². The van der Waals surface area contributed by atoms with Gasteiger partial charge in [-0.05, 0) is 62.1 Å². The number of hydrogen-bond donors (Lipinski definition) is 1. The highest BCUT2D eigenvalue weighted by molar-refractivity contribution is 7.20. The predicted octanol–water partition coefficient (Wildman–Crippen LogP) is 4.24. The van der Waals surface area contributed by atoms with Gasteiger partial charge >= 0.3 is 0 Å². The molecule has 154 valence electrons. The van der Waals surface area contributed by atoms with Crippen molar-refractivity contribution in [3.05, 3.63) is 59.9 Å². The quantitative estimate of drug-likeness (QED) is 0.413. The highest BCUT2D eigenvalue weighted by Crippen LogP contribution is 2.31. The Morgan fingerprint density at radius 3 is 2.67 bits per heavy atom. The Balaban J connectivity index is 1.13. The number of thiazole rings is 1. The molecular weight excluding hydrogens is 396 g/mol. The van der Waals surface area contributed by atoms with Gasteiger partial charge in [-0.25, -0.2) is 4.98 Å². The summed E-state index contributed by atoms with van der Waals surface area (Å²) in [5.41, 5.74) is 2.31. The zero-order chi connectivity index (χ0) is 20.2. The van der Waals surface area contributed by atoms with Crippen molar-refractivity contribution < 1.29 is 4.74 Å². The monoisotopic (exact) mass is 420 g/mol. The fourth-order valence-electron chi connectivity index (χ4n) is 3.64. The minimum absolute atomic E-state index is 0.686. The molecule has 0 unspecified atom stereocenters. The molecule has 1 fully saturated rings. The molecule has 2 aromatic heterocycles. The van der Waals surface area contributed by atoms with E-state index in [-0.39, 0.29) is 0 Å². The molecule has 0 spiro atoms. The summed E-state index contributed by atoms with van der Waals surface area (Å²) in [7, 11) is 0. The van der Waals surface area contributed by atoms with Crippen molar-refractivity contribution >= 4 is 21.6 Å². The van der Waals surface area contributed by atoms with Crippen molar-refractivity contribution in [2.45, 2.75) is 38.1 Å². The van der Waals surface area contributed by atoms with E-state index in [2.05, 4.69) is 48.7 Å². The number of nitrogens with zero attached hydrogens (tertiary/aromatic N) is 5. The van der Waals surface area contributed by atoms with Gasteiger partial charge in [0.1, 0.15) is 5.75 Å². The number of aryl methyl sites for hydroxylation is 1. The van der Waals surface area contributed by atoms with Crippen LogP contribution in [0.5, 0.6) is 10.9 Å². The molecular formula is C22H24N6OS. The van der Waals surface area contributed by atoms with Gasteiger partial charge in [0, 0.05) is 19.0 Å². The van der Waals surface area contributed by atoms with Crippen LogP contribution < -0.4 is 4.74 Å². The Labute approximate surface area is 179 Å². The SMILES string of the molecule is c1ccc2sc(Oc3ccc(CCN(CCCc4nn[nH]n4)C4CC4)cc3)nc2c1. The minimum atomic E-state index is 0.686. The van der Waals surface area contributed by atoms with E-state index in [1.165, 1.54) is 18.4 Å². The Bertz CT molecular complexity index is 1040. The lowest BCUT2D eigenvalue weighted by molar-refractivity contribution is 0.263. The van der Waals surface area contributed by atoms with Crippen molar-refractivity contribution in [2.24, 2.45) is 0 Å². The number of ether oxygens (including phenoxy) is 1. The average molecular weight is 421 g/mol. The zero-order valence-corrected chi connectivity index (χ0v) is 17.5. The van der Waals surface area contributed by atoms with Crippen LogP contribution in [0, 0.1) is 0 Å². The lowest BCUT2D eigenvalue weighted by Gasteiger charge is -2.21. The van der Waals surface area contributed by atoms with Crippen molar-refractivity contribution in [1.29, 1.82) is 0 Å². The largest absolute Gasteiger partial charge is 0.431 e. The van der Waals surface area contributed by atoms with Crippen molar-refractivity contribution in [1.82, 2.24) is 30.5 Å². The van der Waals surface area contributed by atoms with Crippen LogP contribution in [0.25, 0.3) is 10.2 Å². The molecule has 4 aromatic rings. The Morgan fingerprint density at radius 1 is 1.03 bits per heavy atom. The number of aromatic amines is 1. The summed E-state index contributed by atoms with van der Waals surface area (Å²) in [5.74, 6) is 1.63. The second kappa shape index (κ2) is 8.89. The summed E-state index contributed by atoms with van der Waals surface area (Å²) >= 11 is 1.57. The fourth-order valence-corrected chi connectivity index (χ4v) is 4.47. The van der Waals surface area contributed by atoms with Gasteiger partial charge in [-0.2, -0.15) is 5.21 Å². The second-order valence-electron chi connectivity index (χ2n) is 7.64. The Kier molecular flexibility index (Phi) is 5.67. The zero-order valence-electron chi connectivity index (χ0n) is 16.7. The number of rotatable bonds is 10. The van der Waals surface area contributed by atoms with Crippen LogP contribution in [0.1, 0.15) is 30.7 Å². The van der Waals surface area contributed by atoms with Crippen molar-refractivity contribution in [2.75, 3.05) is 13.1 Å². The first-order chi connectivity index (χ1) is 14.8. The van der Waals surface area contributed by atoms with Gasteiger partial charge in [0.2, 0.25) is 0 Å². The summed E-state index contributed by atoms with van der Waals surface area (Å²) in [4.78, 5) is 7.14. The average Bonchev–Trinajstić information content (AvgIpc) is 3.32. The third kappa shape index (κ3) is 4.83. The third-order valence-electron chi connectivity index (χ3n) is 5.39. The highest BCUT2D eigenvalue weighted by Gasteiger charge is 2.28. The molecule has 0 saturated heterocycles. The van der Waals surface area contributed by atoms with Gasteiger partial charge in [0.05, 0.1) is 10.2 Å². The van der Waals surface area contributed by atoms with E-state index in [0.29, 0.717) is 5.19 Å². The van der Waals surface area contributed by atoms with Crippen LogP contribution >= 0.6 is 11.3 Å². The molecule has 0 amide bonds. The van der Waals surface area contributed by atoms with Gasteiger partial charge in [0.15, 0.2) is 5.82 Å². The molecule has 2 aromatic carbocycles. The molecule has 1 saturated carbocycles. The molecule has 0 aliphatic heterocycles. The highest BCUT2D eigenvalue weighted by atomic mass is 32.1. The number of benzene rings is 2. The van der Waals surface area contributed by atoms with Gasteiger partial charge in [-0.15, -0.1) is 10.2 Å². The number of tetrazole rings is 1. The normalized spacial score (nSPS) is 13.9. The van der Waals surface area contributed by atoms with Gasteiger partial charge in [-0.3, -0.25) is 0 Å². The maximum Gasteiger partial charge on any atom is 0.279 e. The maximum atomic E-state index is 5.96. The number of nitrogens with one attached hydrogen (secondary N) is 1. The van der Waals surface area contributed by atoms with E-state index in [1.807, 2.05) is 30.3 Å². The van der Waals surface area contributed by atoms with E-state index in [0.717, 1.165) is 60.2 Å². The summed E-state index contributed by atoms with van der Waals surface area (Å²) in [6.07, 6.45) is 5.61. The first kappa shape index (κ1) is 19.1. The summed E-state index contributed by atoms with van der Waals surface area (Å²) in [5, 5.41) is 14.9. The molecule has 5 rings (SSSR count). The molecule has 0 atom stereocenters. The standard InChI is InChI=1S/C22H24N6OS/c1-2-5-20-19(4-1)23-22(30-20)29-18-11-7-16(8-12-18)13-15-28(17-9-10-17)14-3-6-21-24-26-27-25-21/h1-2,4-5,7-8,11-12,17H,3,6,9-10,13-15H2,(H,24,25,26,27). The molecule has 1 N–H and O–H groups in total. The molecule has 0 bridgehead atoms. The number of aromatic nitrogens is 5. The van der Waals surface area contributed by atoms with E-state index in [9.17, 15) is 0 Å². The van der Waals surface area contributed by atoms with E-state index < -0.39 is 0 Å². The number of fused-ring (bicyclic) bond motifs is 1. The molecule has 2 heterocycles. The van der Waals surface area contributed by atoms with Crippen LogP contribution in [0.2, 0.25) is 0 Å². The summed E-state index contributed by atoms with van der Waals surface area (Å²) in [6, 6.07) is 17.2. The van der Waals surface area contributed by atoms with Crippen LogP contribution in [0.15, 0.2) is 48.5 Å². The van der Waals surface area contributed by atoms with Gasteiger partial charge in [0.25, 0.3) is 5.19 Å². The van der Waals surface area contributed by atoms with Crippen molar-refractivity contribution in [3.63, 3.8) is 0 Å². The van der Waals surface area contributed by atoms with E-state index in [4.69, 9.17) is 4.74 Å². The minimum Gasteiger partial charge on any atom is -0.431 e. The van der Waals surface area contributed by atoms with Crippen LogP contribution in [0.4, 0.5) is 0 Å². The first-order valence-electron chi connectivity index (χ1n) is 10.4. The maximum absolute atomic E-state index is 5.96. The first-order valence-corrected chi connectivity index (χ1v) is 11.2. The van der Waals surface area contributed by atoms with E-state index in [1.54, 1.807) is 11.3 Å². The lowest BCUT2D eigenvalue weighted by Crippen LogP contribution is -2.29. The molecule has 8 heteroatoms. The third-order valence-corrected chi connectivity index (χ3v) is 6.30. The molecule has 30 heavy (non-hydrogen) atoms. The molecule has 0 radical (unpaired) electrons. The van der Waals surface area contributed by atoms with Crippen LogP contribution in [0.3, 0.4) is 0 Å². The van der Waals surface area contributed by atoms with E-state index >= 15 is 0 Å². The number of para-hydroxylation sites is 1.